The Balaban J connectivity index is 1.59. The highest BCUT2D eigenvalue weighted by atomic mass is 35.5. The van der Waals surface area contributed by atoms with Crippen LogP contribution in [0.4, 0.5) is 20.3 Å². The number of amides is 2. The molecule has 1 aliphatic rings. The molecule has 0 spiro atoms. The zero-order chi connectivity index (χ0) is 28.8. The van der Waals surface area contributed by atoms with Crippen LogP contribution in [0.15, 0.2) is 43.2 Å². The molecule has 1 fully saturated rings. The van der Waals surface area contributed by atoms with Crippen LogP contribution in [0, 0.1) is 11.6 Å². The predicted octanol–water partition coefficient (Wildman–Crippen LogP) is 4.00. The number of nitrogens with one attached hydrogen (secondary N) is 2. The number of anilines is 2. The summed E-state index contributed by atoms with van der Waals surface area (Å²) in [6, 6.07) is 4.88. The summed E-state index contributed by atoms with van der Waals surface area (Å²) in [5.41, 5.74) is 0.405. The highest BCUT2D eigenvalue weighted by Crippen LogP contribution is 2.37. The first-order valence-electron chi connectivity index (χ1n) is 12.4. The number of hydrogen-bond donors (Lipinski definition) is 2. The van der Waals surface area contributed by atoms with Crippen LogP contribution in [-0.2, 0) is 14.3 Å². The van der Waals surface area contributed by atoms with Gasteiger partial charge in [-0.1, -0.05) is 18.2 Å². The van der Waals surface area contributed by atoms with Gasteiger partial charge in [-0.05, 0) is 37.2 Å². The van der Waals surface area contributed by atoms with Crippen LogP contribution in [-0.4, -0.2) is 72.7 Å². The molecule has 2 atom stereocenters. The molecule has 1 aliphatic heterocycles. The van der Waals surface area contributed by atoms with Crippen molar-refractivity contribution in [2.75, 3.05) is 39.2 Å². The van der Waals surface area contributed by atoms with E-state index in [1.807, 2.05) is 0 Å². The number of ether oxygens (including phenoxy) is 3. The van der Waals surface area contributed by atoms with Crippen molar-refractivity contribution in [3.05, 3.63) is 59.9 Å². The maximum absolute atomic E-state index is 14.6. The number of fused-ring (bicyclic) bond motifs is 1. The molecule has 0 bridgehead atoms. The van der Waals surface area contributed by atoms with Gasteiger partial charge in [-0.2, -0.15) is 0 Å². The van der Waals surface area contributed by atoms with Gasteiger partial charge in [0.15, 0.2) is 17.3 Å². The second kappa shape index (κ2) is 13.0. The number of rotatable bonds is 10. The van der Waals surface area contributed by atoms with Gasteiger partial charge < -0.3 is 24.8 Å². The summed E-state index contributed by atoms with van der Waals surface area (Å²) in [4.78, 5) is 35.0. The molecule has 2 N–H and O–H groups in total. The minimum absolute atomic E-state index is 0.0727. The van der Waals surface area contributed by atoms with E-state index >= 15 is 0 Å². The summed E-state index contributed by atoms with van der Waals surface area (Å²) >= 11 is 5.72. The molecule has 13 heteroatoms. The lowest BCUT2D eigenvalue weighted by molar-refractivity contribution is -0.145. The number of imide groups is 1. The molecule has 3 aromatic rings. The Hall–Kier alpha value is -3.87. The Morgan fingerprint density at radius 2 is 2.05 bits per heavy atom. The van der Waals surface area contributed by atoms with Crippen molar-refractivity contribution < 1.29 is 32.6 Å². The smallest absolute Gasteiger partial charge is 0.252 e. The molecule has 0 radical (unpaired) electrons. The fourth-order valence-electron chi connectivity index (χ4n) is 4.33. The zero-order valence-corrected chi connectivity index (χ0v) is 22.6. The summed E-state index contributed by atoms with van der Waals surface area (Å²) in [6.07, 6.45) is 2.83. The zero-order valence-electron chi connectivity index (χ0n) is 21.9. The molecule has 1 saturated heterocycles. The Labute approximate surface area is 234 Å². The average molecular weight is 576 g/mol. The van der Waals surface area contributed by atoms with Crippen LogP contribution in [0.2, 0.25) is 5.02 Å². The first kappa shape index (κ1) is 29.1. The monoisotopic (exact) mass is 575 g/mol. The molecule has 0 saturated carbocycles. The standard InChI is InChI=1S/C27H28ClF2N5O5/c1-4-23(36)35(9-10-38-2)27(37)20-11-15(7-8-31-20)40-22-12-16-19(13-21(22)39-3)32-14-33-26(16)34-18-6-5-17(29)24(28)25(18)30/h4-6,12-15,20,31H,1,7-11H2,2-3H3,(H,32,33,34). The summed E-state index contributed by atoms with van der Waals surface area (Å²) in [7, 11) is 2.96. The van der Waals surface area contributed by atoms with E-state index in [0.29, 0.717) is 35.4 Å². The maximum atomic E-state index is 14.6. The average Bonchev–Trinajstić information content (AvgIpc) is 2.97. The number of carbonyl (C=O) groups is 2. The van der Waals surface area contributed by atoms with Gasteiger partial charge in [-0.3, -0.25) is 14.5 Å². The number of carbonyl (C=O) groups excluding carboxylic acids is 2. The number of aromatic nitrogens is 2. The molecule has 0 aliphatic carbocycles. The van der Waals surface area contributed by atoms with Crippen molar-refractivity contribution in [1.29, 1.82) is 0 Å². The molecule has 4 rings (SSSR count). The number of methoxy groups -OCH3 is 2. The lowest BCUT2D eigenvalue weighted by Crippen LogP contribution is -2.54. The fraction of sp³-hybridized carbons (Fsp3) is 0.333. The molecule has 10 nitrogen and oxygen atoms in total. The van der Waals surface area contributed by atoms with E-state index in [1.165, 1.54) is 26.6 Å². The van der Waals surface area contributed by atoms with Crippen molar-refractivity contribution in [3.8, 4) is 11.5 Å². The Morgan fingerprint density at radius 3 is 2.77 bits per heavy atom. The summed E-state index contributed by atoms with van der Waals surface area (Å²) in [6.45, 7) is 4.23. The molecule has 1 aromatic heterocycles. The Kier molecular flexibility index (Phi) is 9.46. The van der Waals surface area contributed by atoms with Crippen molar-refractivity contribution in [3.63, 3.8) is 0 Å². The molecule has 40 heavy (non-hydrogen) atoms. The molecular weight excluding hydrogens is 548 g/mol. The second-order valence-electron chi connectivity index (χ2n) is 8.89. The topological polar surface area (TPSA) is 115 Å². The van der Waals surface area contributed by atoms with Gasteiger partial charge in [0.1, 0.15) is 29.1 Å². The third-order valence-electron chi connectivity index (χ3n) is 6.38. The molecule has 212 valence electrons. The molecule has 2 unspecified atom stereocenters. The number of hydrogen-bond acceptors (Lipinski definition) is 9. The van der Waals surface area contributed by atoms with Gasteiger partial charge in [0.05, 0.1) is 37.5 Å². The van der Waals surface area contributed by atoms with Crippen LogP contribution in [0.5, 0.6) is 11.5 Å². The maximum Gasteiger partial charge on any atom is 0.252 e. The van der Waals surface area contributed by atoms with Crippen molar-refractivity contribution >= 4 is 45.8 Å². The van der Waals surface area contributed by atoms with Gasteiger partial charge in [0.25, 0.3) is 5.91 Å². The van der Waals surface area contributed by atoms with E-state index < -0.39 is 40.6 Å². The quantitative estimate of drug-likeness (QED) is 0.273. The number of halogens is 3. The normalized spacial score (nSPS) is 16.8. The SMILES string of the molecule is C=CC(=O)N(CCOC)C(=O)C1CC(Oc2cc3c(Nc4ccc(F)c(Cl)c4F)ncnc3cc2OC)CCN1. The van der Waals surface area contributed by atoms with E-state index in [4.69, 9.17) is 25.8 Å². The van der Waals surface area contributed by atoms with E-state index in [1.54, 1.807) is 12.1 Å². The van der Waals surface area contributed by atoms with Crippen LogP contribution in [0.25, 0.3) is 10.9 Å². The molecule has 2 amide bonds. The first-order valence-corrected chi connectivity index (χ1v) is 12.7. The molecular formula is C27H28ClF2N5O5. The highest BCUT2D eigenvalue weighted by Gasteiger charge is 2.33. The van der Waals surface area contributed by atoms with E-state index in [0.717, 1.165) is 17.0 Å². The summed E-state index contributed by atoms with van der Waals surface area (Å²) in [5.74, 6) is -1.79. The summed E-state index contributed by atoms with van der Waals surface area (Å²) < 4.78 is 45.0. The minimum Gasteiger partial charge on any atom is -0.493 e. The second-order valence-corrected chi connectivity index (χ2v) is 9.26. The largest absolute Gasteiger partial charge is 0.493 e. The Bertz CT molecular complexity index is 1430. The lowest BCUT2D eigenvalue weighted by atomic mass is 10.00. The van der Waals surface area contributed by atoms with Gasteiger partial charge in [0.2, 0.25) is 5.91 Å². The van der Waals surface area contributed by atoms with Gasteiger partial charge >= 0.3 is 0 Å². The van der Waals surface area contributed by atoms with Crippen molar-refractivity contribution in [2.24, 2.45) is 0 Å². The fourth-order valence-corrected chi connectivity index (χ4v) is 4.50. The minimum atomic E-state index is -0.960. The summed E-state index contributed by atoms with van der Waals surface area (Å²) in [5, 5.41) is 5.82. The number of benzene rings is 2. The third-order valence-corrected chi connectivity index (χ3v) is 6.73. The highest BCUT2D eigenvalue weighted by molar-refractivity contribution is 6.31. The Morgan fingerprint density at radius 1 is 1.25 bits per heavy atom. The van der Waals surface area contributed by atoms with Crippen molar-refractivity contribution in [1.82, 2.24) is 20.2 Å². The van der Waals surface area contributed by atoms with Crippen LogP contribution >= 0.6 is 11.6 Å². The van der Waals surface area contributed by atoms with Crippen LogP contribution in [0.3, 0.4) is 0 Å². The van der Waals surface area contributed by atoms with Crippen molar-refractivity contribution in [2.45, 2.75) is 25.0 Å². The van der Waals surface area contributed by atoms with Gasteiger partial charge in [-0.15, -0.1) is 0 Å². The molecule has 2 aromatic carbocycles. The molecule has 2 heterocycles. The first-order chi connectivity index (χ1) is 19.3. The predicted molar refractivity (Wildman–Crippen MR) is 145 cm³/mol. The third kappa shape index (κ3) is 6.30. The lowest BCUT2D eigenvalue weighted by Gasteiger charge is -2.33. The van der Waals surface area contributed by atoms with E-state index in [9.17, 15) is 18.4 Å². The van der Waals surface area contributed by atoms with Crippen LogP contribution in [0.1, 0.15) is 12.8 Å². The van der Waals surface area contributed by atoms with Gasteiger partial charge in [-0.25, -0.2) is 18.7 Å². The van der Waals surface area contributed by atoms with E-state index in [-0.39, 0.29) is 31.1 Å². The van der Waals surface area contributed by atoms with E-state index in [2.05, 4.69) is 27.2 Å². The number of piperidine rings is 1. The van der Waals surface area contributed by atoms with Crippen LogP contribution < -0.4 is 20.1 Å². The van der Waals surface area contributed by atoms with Gasteiger partial charge in [0, 0.05) is 25.0 Å². The number of nitrogens with zero attached hydrogens (tertiary/aromatic N) is 3.